The second kappa shape index (κ2) is 5.79. The van der Waals surface area contributed by atoms with Gasteiger partial charge in [0.1, 0.15) is 0 Å². The number of amides is 1. The molecule has 0 bridgehead atoms. The number of rotatable bonds is 4. The number of β-amino-alcohol motifs (C(OH)–C–C–N with tert-alkyl or cyclic N) is 1. The van der Waals surface area contributed by atoms with Crippen LogP contribution in [0.25, 0.3) is 0 Å². The monoisotopic (exact) mass is 278 g/mol. The summed E-state index contributed by atoms with van der Waals surface area (Å²) in [5.74, 6) is 0.385. The summed E-state index contributed by atoms with van der Waals surface area (Å²) in [7, 11) is 0. The summed E-state index contributed by atoms with van der Waals surface area (Å²) in [5.41, 5.74) is -0.227. The van der Waals surface area contributed by atoms with Gasteiger partial charge < -0.3 is 14.7 Å². The summed E-state index contributed by atoms with van der Waals surface area (Å²) in [5, 5.41) is 9.94. The first kappa shape index (κ1) is 14.8. The van der Waals surface area contributed by atoms with E-state index >= 15 is 0 Å². The van der Waals surface area contributed by atoms with Crippen molar-refractivity contribution in [2.45, 2.75) is 45.3 Å². The fourth-order valence-electron chi connectivity index (χ4n) is 2.20. The van der Waals surface area contributed by atoms with E-state index in [2.05, 4.69) is 4.98 Å². The number of hydrogen-bond acceptors (Lipinski definition) is 4. The second-order valence-electron chi connectivity index (χ2n) is 5.69. The Morgan fingerprint density at radius 1 is 1.65 bits per heavy atom. The zero-order valence-corrected chi connectivity index (χ0v) is 12.3. The second-order valence-corrected chi connectivity index (χ2v) is 5.69. The molecule has 1 fully saturated rings. The van der Waals surface area contributed by atoms with E-state index in [9.17, 15) is 9.90 Å². The summed E-state index contributed by atoms with van der Waals surface area (Å²) >= 11 is 0. The van der Waals surface area contributed by atoms with Crippen molar-refractivity contribution in [3.8, 4) is 5.88 Å². The molecule has 2 rings (SSSR count). The first-order chi connectivity index (χ1) is 9.41. The highest BCUT2D eigenvalue weighted by atomic mass is 16.5. The Morgan fingerprint density at radius 3 is 3.00 bits per heavy atom. The Morgan fingerprint density at radius 2 is 2.40 bits per heavy atom. The van der Waals surface area contributed by atoms with Gasteiger partial charge in [0.2, 0.25) is 5.88 Å². The smallest absolute Gasteiger partial charge is 0.254 e. The van der Waals surface area contributed by atoms with E-state index in [1.165, 1.54) is 0 Å². The molecule has 0 radical (unpaired) electrons. The number of carbonyl (C=O) groups is 1. The molecule has 0 aliphatic carbocycles. The standard InChI is InChI=1S/C15H22N2O3/c1-4-11(2)20-13-9-12(5-7-16-13)14(18)17-8-6-15(3,19)10-17/h5,7,9,11,19H,4,6,8,10H2,1-3H3/t11-,15+/m0/s1. The Kier molecular flexibility index (Phi) is 4.28. The minimum atomic E-state index is -0.779. The van der Waals surface area contributed by atoms with E-state index in [1.54, 1.807) is 30.2 Å². The molecule has 1 amide bonds. The molecule has 0 unspecified atom stereocenters. The Labute approximate surface area is 119 Å². The quantitative estimate of drug-likeness (QED) is 0.913. The summed E-state index contributed by atoms with van der Waals surface area (Å²) in [6.07, 6.45) is 3.15. The van der Waals surface area contributed by atoms with Gasteiger partial charge in [-0.15, -0.1) is 0 Å². The number of hydrogen-bond donors (Lipinski definition) is 1. The zero-order valence-electron chi connectivity index (χ0n) is 12.3. The van der Waals surface area contributed by atoms with Crippen molar-refractivity contribution in [1.29, 1.82) is 0 Å². The molecule has 5 nitrogen and oxygen atoms in total. The van der Waals surface area contributed by atoms with E-state index in [1.807, 2.05) is 13.8 Å². The van der Waals surface area contributed by atoms with Crippen LogP contribution in [0.15, 0.2) is 18.3 Å². The number of pyridine rings is 1. The van der Waals surface area contributed by atoms with Crippen LogP contribution < -0.4 is 4.74 Å². The van der Waals surface area contributed by atoms with Crippen molar-refractivity contribution in [3.05, 3.63) is 23.9 Å². The molecule has 1 aliphatic heterocycles. The highest BCUT2D eigenvalue weighted by molar-refractivity contribution is 5.94. The van der Waals surface area contributed by atoms with E-state index in [0.717, 1.165) is 6.42 Å². The summed E-state index contributed by atoms with van der Waals surface area (Å²) in [4.78, 5) is 18.2. The molecule has 20 heavy (non-hydrogen) atoms. The third kappa shape index (κ3) is 3.48. The van der Waals surface area contributed by atoms with Crippen LogP contribution in [0.3, 0.4) is 0 Å². The molecular weight excluding hydrogens is 256 g/mol. The number of likely N-dealkylation sites (tertiary alicyclic amines) is 1. The van der Waals surface area contributed by atoms with Crippen LogP contribution in [0.5, 0.6) is 5.88 Å². The molecule has 1 aliphatic rings. The molecular formula is C15H22N2O3. The van der Waals surface area contributed by atoms with Crippen molar-refractivity contribution in [2.24, 2.45) is 0 Å². The minimum Gasteiger partial charge on any atom is -0.475 e. The summed E-state index contributed by atoms with van der Waals surface area (Å²) in [6, 6.07) is 3.35. The van der Waals surface area contributed by atoms with Crippen LogP contribution in [-0.2, 0) is 0 Å². The van der Waals surface area contributed by atoms with Crippen molar-refractivity contribution in [3.63, 3.8) is 0 Å². The predicted octanol–water partition coefficient (Wildman–Crippen LogP) is 1.86. The van der Waals surface area contributed by atoms with Gasteiger partial charge in [-0.3, -0.25) is 4.79 Å². The predicted molar refractivity (Wildman–Crippen MR) is 75.8 cm³/mol. The van der Waals surface area contributed by atoms with E-state index in [-0.39, 0.29) is 12.0 Å². The molecule has 0 saturated carbocycles. The molecule has 5 heteroatoms. The van der Waals surface area contributed by atoms with Gasteiger partial charge in [-0.1, -0.05) is 6.92 Å². The van der Waals surface area contributed by atoms with Crippen LogP contribution >= 0.6 is 0 Å². The number of aliphatic hydroxyl groups is 1. The molecule has 1 N–H and O–H groups in total. The van der Waals surface area contributed by atoms with Crippen LogP contribution in [-0.4, -0.2) is 45.7 Å². The summed E-state index contributed by atoms with van der Waals surface area (Å²) < 4.78 is 5.63. The van der Waals surface area contributed by atoms with Gasteiger partial charge in [-0.05, 0) is 32.8 Å². The lowest BCUT2D eigenvalue weighted by molar-refractivity contribution is 0.0572. The van der Waals surface area contributed by atoms with Crippen LogP contribution in [0.2, 0.25) is 0 Å². The molecule has 0 spiro atoms. The Balaban J connectivity index is 2.09. The normalized spacial score (nSPS) is 23.7. The molecule has 1 aromatic rings. The third-order valence-electron chi connectivity index (χ3n) is 3.62. The first-order valence-corrected chi connectivity index (χ1v) is 7.05. The largest absolute Gasteiger partial charge is 0.475 e. The Hall–Kier alpha value is -1.62. The van der Waals surface area contributed by atoms with Crippen LogP contribution in [0, 0.1) is 0 Å². The molecule has 0 aromatic carbocycles. The number of ether oxygens (including phenoxy) is 1. The number of aromatic nitrogens is 1. The van der Waals surface area contributed by atoms with Gasteiger partial charge in [0, 0.05) is 30.9 Å². The van der Waals surface area contributed by atoms with E-state index in [0.29, 0.717) is 31.0 Å². The number of nitrogens with zero attached hydrogens (tertiary/aromatic N) is 2. The number of carbonyl (C=O) groups excluding carboxylic acids is 1. The lowest BCUT2D eigenvalue weighted by Gasteiger charge is -2.19. The molecule has 2 heterocycles. The minimum absolute atomic E-state index is 0.0698. The van der Waals surface area contributed by atoms with Gasteiger partial charge in [-0.25, -0.2) is 4.98 Å². The average Bonchev–Trinajstić information content (AvgIpc) is 2.78. The molecule has 1 saturated heterocycles. The van der Waals surface area contributed by atoms with Crippen LogP contribution in [0.4, 0.5) is 0 Å². The highest BCUT2D eigenvalue weighted by Crippen LogP contribution is 2.23. The van der Waals surface area contributed by atoms with Crippen molar-refractivity contribution in [2.75, 3.05) is 13.1 Å². The Bertz CT molecular complexity index is 488. The highest BCUT2D eigenvalue weighted by Gasteiger charge is 2.34. The van der Waals surface area contributed by atoms with E-state index in [4.69, 9.17) is 4.74 Å². The lowest BCUT2D eigenvalue weighted by Crippen LogP contribution is -2.33. The molecule has 2 atom stereocenters. The fourth-order valence-corrected chi connectivity index (χ4v) is 2.20. The molecule has 1 aromatic heterocycles. The van der Waals surface area contributed by atoms with Crippen molar-refractivity contribution >= 4 is 5.91 Å². The van der Waals surface area contributed by atoms with Gasteiger partial charge in [0.25, 0.3) is 5.91 Å². The van der Waals surface area contributed by atoms with Gasteiger partial charge in [-0.2, -0.15) is 0 Å². The van der Waals surface area contributed by atoms with Crippen molar-refractivity contribution in [1.82, 2.24) is 9.88 Å². The SMILES string of the molecule is CC[C@H](C)Oc1cc(C(=O)N2CC[C@@](C)(O)C2)ccn1. The molecule has 110 valence electrons. The van der Waals surface area contributed by atoms with Crippen molar-refractivity contribution < 1.29 is 14.6 Å². The zero-order chi connectivity index (χ0) is 14.8. The first-order valence-electron chi connectivity index (χ1n) is 7.05. The maximum Gasteiger partial charge on any atom is 0.254 e. The summed E-state index contributed by atoms with van der Waals surface area (Å²) in [6.45, 7) is 6.70. The maximum absolute atomic E-state index is 12.4. The van der Waals surface area contributed by atoms with Crippen LogP contribution in [0.1, 0.15) is 44.0 Å². The van der Waals surface area contributed by atoms with Gasteiger partial charge in [0.05, 0.1) is 11.7 Å². The average molecular weight is 278 g/mol. The maximum atomic E-state index is 12.4. The topological polar surface area (TPSA) is 62.7 Å². The van der Waals surface area contributed by atoms with Gasteiger partial charge in [0.15, 0.2) is 0 Å². The van der Waals surface area contributed by atoms with E-state index < -0.39 is 5.60 Å². The lowest BCUT2D eigenvalue weighted by atomic mass is 10.1. The van der Waals surface area contributed by atoms with Gasteiger partial charge >= 0.3 is 0 Å². The third-order valence-corrected chi connectivity index (χ3v) is 3.62. The fraction of sp³-hybridized carbons (Fsp3) is 0.600.